The van der Waals surface area contributed by atoms with E-state index in [1.165, 1.54) is 7.05 Å². The lowest BCUT2D eigenvalue weighted by atomic mass is 10.3. The summed E-state index contributed by atoms with van der Waals surface area (Å²) in [5.74, 6) is -1.56. The number of rotatable bonds is 6. The van der Waals surface area contributed by atoms with Gasteiger partial charge in [0.05, 0.1) is 5.69 Å². The van der Waals surface area contributed by atoms with Gasteiger partial charge in [-0.3, -0.25) is 4.72 Å². The summed E-state index contributed by atoms with van der Waals surface area (Å²) in [4.78, 5) is 0. The van der Waals surface area contributed by atoms with Crippen molar-refractivity contribution in [2.75, 3.05) is 24.9 Å². The van der Waals surface area contributed by atoms with Crippen molar-refractivity contribution in [1.29, 1.82) is 0 Å². The average molecular weight is 279 g/mol. The molecule has 0 aliphatic carbocycles. The van der Waals surface area contributed by atoms with Gasteiger partial charge in [-0.15, -0.1) is 0 Å². The molecule has 1 rings (SSSR count). The molecular weight excluding hydrogens is 264 g/mol. The number of anilines is 1. The largest absolute Gasteiger partial charge is 0.330 e. The van der Waals surface area contributed by atoms with Gasteiger partial charge >= 0.3 is 10.2 Å². The molecule has 0 aromatic heterocycles. The van der Waals surface area contributed by atoms with E-state index in [1.54, 1.807) is 0 Å². The first-order chi connectivity index (χ1) is 8.36. The van der Waals surface area contributed by atoms with Crippen LogP contribution in [0.15, 0.2) is 18.2 Å². The SMILES string of the molecule is CN(CCCN)S(=O)(=O)Nc1cc(F)ccc1F. The van der Waals surface area contributed by atoms with E-state index in [0.717, 1.165) is 22.5 Å². The van der Waals surface area contributed by atoms with Gasteiger partial charge in [0.1, 0.15) is 11.6 Å². The molecule has 3 N–H and O–H groups in total. The molecule has 0 unspecified atom stereocenters. The first kappa shape index (κ1) is 14.8. The molecule has 0 spiro atoms. The zero-order chi connectivity index (χ0) is 13.8. The van der Waals surface area contributed by atoms with Crippen LogP contribution >= 0.6 is 0 Å². The molecule has 0 atom stereocenters. The van der Waals surface area contributed by atoms with Gasteiger partial charge < -0.3 is 5.73 Å². The van der Waals surface area contributed by atoms with Gasteiger partial charge in [0.15, 0.2) is 0 Å². The van der Waals surface area contributed by atoms with E-state index in [2.05, 4.69) is 0 Å². The first-order valence-corrected chi connectivity index (χ1v) is 6.70. The van der Waals surface area contributed by atoms with Crippen LogP contribution in [0.4, 0.5) is 14.5 Å². The van der Waals surface area contributed by atoms with Gasteiger partial charge in [-0.25, -0.2) is 8.78 Å². The summed E-state index contributed by atoms with van der Waals surface area (Å²) in [6.07, 6.45) is 0.475. The molecule has 0 bridgehead atoms. The number of halogens is 2. The van der Waals surface area contributed by atoms with Crippen LogP contribution in [0, 0.1) is 11.6 Å². The van der Waals surface area contributed by atoms with Crippen molar-refractivity contribution in [1.82, 2.24) is 4.31 Å². The lowest BCUT2D eigenvalue weighted by Crippen LogP contribution is -2.34. The van der Waals surface area contributed by atoms with Crippen LogP contribution in [0.1, 0.15) is 6.42 Å². The molecule has 1 aromatic carbocycles. The fourth-order valence-corrected chi connectivity index (χ4v) is 2.19. The molecule has 0 saturated heterocycles. The van der Waals surface area contributed by atoms with Gasteiger partial charge in [0.2, 0.25) is 0 Å². The minimum absolute atomic E-state index is 0.197. The van der Waals surface area contributed by atoms with Crippen LogP contribution < -0.4 is 10.5 Å². The smallest absolute Gasteiger partial charge is 0.301 e. The number of nitrogens with one attached hydrogen (secondary N) is 1. The van der Waals surface area contributed by atoms with Crippen molar-refractivity contribution >= 4 is 15.9 Å². The highest BCUT2D eigenvalue weighted by molar-refractivity contribution is 7.90. The summed E-state index contributed by atoms with van der Waals surface area (Å²) < 4.78 is 52.7. The lowest BCUT2D eigenvalue weighted by molar-refractivity contribution is 0.468. The second-order valence-corrected chi connectivity index (χ2v) is 5.47. The summed E-state index contributed by atoms with van der Waals surface area (Å²) in [5, 5.41) is 0. The standard InChI is InChI=1S/C10H15F2N3O2S/c1-15(6-2-5-13)18(16,17)14-10-7-8(11)3-4-9(10)12/h3-4,7,14H,2,5-6,13H2,1H3. The zero-order valence-electron chi connectivity index (χ0n) is 9.86. The van der Waals surface area contributed by atoms with Crippen molar-refractivity contribution in [3.8, 4) is 0 Å². The summed E-state index contributed by atoms with van der Waals surface area (Å²) in [7, 11) is -2.58. The Labute approximate surface area is 105 Å². The molecule has 0 amide bonds. The number of nitrogens with two attached hydrogens (primary N) is 1. The molecule has 0 aliphatic rings. The number of nitrogens with zero attached hydrogens (tertiary/aromatic N) is 1. The highest BCUT2D eigenvalue weighted by Gasteiger charge is 2.18. The Balaban J connectivity index is 2.85. The molecule has 0 heterocycles. The zero-order valence-corrected chi connectivity index (χ0v) is 10.7. The molecular formula is C10H15F2N3O2S. The van der Waals surface area contributed by atoms with E-state index in [-0.39, 0.29) is 6.54 Å². The summed E-state index contributed by atoms with van der Waals surface area (Å²) in [6.45, 7) is 0.539. The fourth-order valence-electron chi connectivity index (χ4n) is 1.23. The Hall–Kier alpha value is -1.25. The van der Waals surface area contributed by atoms with Gasteiger partial charge in [-0.1, -0.05) is 0 Å². The van der Waals surface area contributed by atoms with E-state index in [4.69, 9.17) is 5.73 Å². The maximum atomic E-state index is 13.3. The van der Waals surface area contributed by atoms with Gasteiger partial charge in [0, 0.05) is 19.7 Å². The van der Waals surface area contributed by atoms with Crippen molar-refractivity contribution in [2.45, 2.75) is 6.42 Å². The average Bonchev–Trinajstić information content (AvgIpc) is 2.30. The Morgan fingerprint density at radius 3 is 2.67 bits per heavy atom. The van der Waals surface area contributed by atoms with Crippen LogP contribution in [-0.4, -0.2) is 32.9 Å². The van der Waals surface area contributed by atoms with Crippen LogP contribution in [0.3, 0.4) is 0 Å². The monoisotopic (exact) mass is 279 g/mol. The molecule has 0 aliphatic heterocycles. The van der Waals surface area contributed by atoms with E-state index in [0.29, 0.717) is 13.0 Å². The Morgan fingerprint density at radius 2 is 2.06 bits per heavy atom. The third-order valence-electron chi connectivity index (χ3n) is 2.25. The Morgan fingerprint density at radius 1 is 1.39 bits per heavy atom. The highest BCUT2D eigenvalue weighted by Crippen LogP contribution is 2.17. The van der Waals surface area contributed by atoms with Crippen LogP contribution in [0.25, 0.3) is 0 Å². The van der Waals surface area contributed by atoms with Crippen molar-refractivity contribution in [3.05, 3.63) is 29.8 Å². The Bertz CT molecular complexity index is 508. The maximum absolute atomic E-state index is 13.3. The van der Waals surface area contributed by atoms with Crippen LogP contribution in [0.2, 0.25) is 0 Å². The second kappa shape index (κ2) is 6.07. The molecule has 8 heteroatoms. The predicted octanol–water partition coefficient (Wildman–Crippen LogP) is 0.902. The van der Waals surface area contributed by atoms with E-state index < -0.39 is 27.5 Å². The van der Waals surface area contributed by atoms with Crippen LogP contribution in [0.5, 0.6) is 0 Å². The number of benzene rings is 1. The minimum atomic E-state index is -3.90. The molecule has 18 heavy (non-hydrogen) atoms. The van der Waals surface area contributed by atoms with Crippen molar-refractivity contribution < 1.29 is 17.2 Å². The molecule has 1 aromatic rings. The summed E-state index contributed by atoms with van der Waals surface area (Å²) >= 11 is 0. The van der Waals surface area contributed by atoms with Gasteiger partial charge in [-0.05, 0) is 25.1 Å². The number of hydrogen-bond acceptors (Lipinski definition) is 3. The maximum Gasteiger partial charge on any atom is 0.301 e. The molecule has 0 saturated carbocycles. The minimum Gasteiger partial charge on any atom is -0.330 e. The van der Waals surface area contributed by atoms with E-state index in [9.17, 15) is 17.2 Å². The third-order valence-corrected chi connectivity index (χ3v) is 3.74. The molecule has 0 fully saturated rings. The fraction of sp³-hybridized carbons (Fsp3) is 0.400. The van der Waals surface area contributed by atoms with Crippen LogP contribution in [-0.2, 0) is 10.2 Å². The third kappa shape index (κ3) is 3.90. The number of hydrogen-bond donors (Lipinski definition) is 2. The van der Waals surface area contributed by atoms with Crippen molar-refractivity contribution in [2.24, 2.45) is 5.73 Å². The highest BCUT2D eigenvalue weighted by atomic mass is 32.2. The quantitative estimate of drug-likeness (QED) is 0.812. The summed E-state index contributed by atoms with van der Waals surface area (Å²) in [6, 6.07) is 2.54. The second-order valence-electron chi connectivity index (χ2n) is 3.70. The van der Waals surface area contributed by atoms with E-state index in [1.807, 2.05) is 4.72 Å². The predicted molar refractivity (Wildman–Crippen MR) is 65.2 cm³/mol. The molecule has 102 valence electrons. The van der Waals surface area contributed by atoms with Crippen molar-refractivity contribution in [3.63, 3.8) is 0 Å². The summed E-state index contributed by atoms with van der Waals surface area (Å²) in [5.41, 5.74) is 4.84. The van der Waals surface area contributed by atoms with Gasteiger partial charge in [-0.2, -0.15) is 12.7 Å². The molecule has 0 radical (unpaired) electrons. The first-order valence-electron chi connectivity index (χ1n) is 5.26. The van der Waals surface area contributed by atoms with E-state index >= 15 is 0 Å². The van der Waals surface area contributed by atoms with Gasteiger partial charge in [0.25, 0.3) is 0 Å². The lowest BCUT2D eigenvalue weighted by Gasteiger charge is -2.18. The normalized spacial score (nSPS) is 11.8. The Kier molecular flexibility index (Phi) is 5.00. The molecule has 5 nitrogen and oxygen atoms in total. The topological polar surface area (TPSA) is 75.4 Å².